The molecule has 0 unspecified atom stereocenters. The van der Waals surface area contributed by atoms with Gasteiger partial charge in [-0.2, -0.15) is 5.26 Å². The third kappa shape index (κ3) is 3.05. The van der Waals surface area contributed by atoms with Gasteiger partial charge in [0.1, 0.15) is 6.07 Å². The van der Waals surface area contributed by atoms with E-state index in [1.54, 1.807) is 18.2 Å². The molecule has 2 aromatic rings. The van der Waals surface area contributed by atoms with Crippen LogP contribution in [0.15, 0.2) is 45.3 Å². The third-order valence-electron chi connectivity index (χ3n) is 2.30. The highest BCUT2D eigenvalue weighted by Gasteiger charge is 2.06. The molecule has 1 N–H and O–H groups in total. The Bertz CT molecular complexity index is 635. The average Bonchev–Trinajstić information content (AvgIpc) is 2.34. The number of hydrogen-bond acceptors (Lipinski definition) is 2. The van der Waals surface area contributed by atoms with Gasteiger partial charge in [0.05, 0.1) is 16.9 Å². The molecule has 0 bridgehead atoms. The van der Waals surface area contributed by atoms with Gasteiger partial charge in [-0.15, -0.1) is 0 Å². The largest absolute Gasteiger partial charge is 0.353 e. The van der Waals surface area contributed by atoms with Crippen molar-refractivity contribution in [1.29, 1.82) is 5.26 Å². The van der Waals surface area contributed by atoms with Crippen LogP contribution in [0.25, 0.3) is 0 Å². The summed E-state index contributed by atoms with van der Waals surface area (Å²) < 4.78 is 1.79. The van der Waals surface area contributed by atoms with Gasteiger partial charge in [-0.25, -0.2) is 0 Å². The Labute approximate surface area is 127 Å². The summed E-state index contributed by atoms with van der Waals surface area (Å²) in [6.07, 6.45) is 0. The third-order valence-corrected chi connectivity index (χ3v) is 3.72. The first-order chi connectivity index (χ1) is 8.60. The van der Waals surface area contributed by atoms with Crippen molar-refractivity contribution in [2.45, 2.75) is 0 Å². The Morgan fingerprint density at radius 2 is 1.83 bits per heavy atom. The molecule has 0 saturated carbocycles. The van der Waals surface area contributed by atoms with Crippen LogP contribution in [0.1, 0.15) is 5.56 Å². The molecule has 18 heavy (non-hydrogen) atoms. The summed E-state index contributed by atoms with van der Waals surface area (Å²) in [5, 5.41) is 12.9. The lowest BCUT2D eigenvalue weighted by Gasteiger charge is -2.11. The van der Waals surface area contributed by atoms with E-state index in [0.29, 0.717) is 10.6 Å². The molecular weight excluding hydrogens is 379 g/mol. The predicted molar refractivity (Wildman–Crippen MR) is 81.3 cm³/mol. The number of hydrogen-bond donors (Lipinski definition) is 1. The zero-order chi connectivity index (χ0) is 13.1. The van der Waals surface area contributed by atoms with E-state index in [9.17, 15) is 0 Å². The molecular formula is C13H7Br2ClN2. The molecule has 2 aromatic carbocycles. The number of benzene rings is 2. The van der Waals surface area contributed by atoms with Gasteiger partial charge in [0.2, 0.25) is 0 Å². The highest BCUT2D eigenvalue weighted by molar-refractivity contribution is 9.10. The number of nitrogens with zero attached hydrogens (tertiary/aromatic N) is 1. The molecule has 0 radical (unpaired) electrons. The zero-order valence-electron chi connectivity index (χ0n) is 9.05. The number of anilines is 2. The molecule has 0 heterocycles. The molecule has 0 amide bonds. The molecule has 0 aliphatic carbocycles. The first-order valence-corrected chi connectivity index (χ1v) is 6.98. The average molecular weight is 386 g/mol. The maximum Gasteiger partial charge on any atom is 0.101 e. The molecule has 0 aliphatic rings. The van der Waals surface area contributed by atoms with Crippen molar-refractivity contribution in [3.05, 3.63) is 55.9 Å². The normalized spacial score (nSPS) is 9.89. The van der Waals surface area contributed by atoms with Crippen molar-refractivity contribution < 1.29 is 0 Å². The summed E-state index contributed by atoms with van der Waals surface area (Å²) in [4.78, 5) is 0. The van der Waals surface area contributed by atoms with Gasteiger partial charge in [-0.1, -0.05) is 27.5 Å². The van der Waals surface area contributed by atoms with Crippen LogP contribution in [0.3, 0.4) is 0 Å². The summed E-state index contributed by atoms with van der Waals surface area (Å²) in [5.74, 6) is 0. The fraction of sp³-hybridized carbons (Fsp3) is 0. The number of halogens is 3. The summed E-state index contributed by atoms with van der Waals surface area (Å²) in [6, 6.07) is 13.0. The van der Waals surface area contributed by atoms with E-state index < -0.39 is 0 Å². The second-order valence-corrected chi connectivity index (χ2v) is 5.76. The molecule has 0 fully saturated rings. The molecule has 0 saturated heterocycles. The maximum absolute atomic E-state index is 9.07. The van der Waals surface area contributed by atoms with Crippen LogP contribution in [0, 0.1) is 11.3 Å². The second-order valence-electron chi connectivity index (χ2n) is 3.55. The van der Waals surface area contributed by atoms with E-state index >= 15 is 0 Å². The van der Waals surface area contributed by atoms with Gasteiger partial charge in [-0.3, -0.25) is 0 Å². The highest BCUT2D eigenvalue weighted by atomic mass is 79.9. The Morgan fingerprint density at radius 3 is 2.56 bits per heavy atom. The fourth-order valence-corrected chi connectivity index (χ4v) is 2.33. The maximum atomic E-state index is 9.07. The Balaban J connectivity index is 2.43. The van der Waals surface area contributed by atoms with Crippen LogP contribution >= 0.6 is 43.5 Å². The van der Waals surface area contributed by atoms with Crippen molar-refractivity contribution in [3.63, 3.8) is 0 Å². The second kappa shape index (κ2) is 5.75. The van der Waals surface area contributed by atoms with Gasteiger partial charge in [0.15, 0.2) is 0 Å². The summed E-state index contributed by atoms with van der Waals surface area (Å²) in [5.41, 5.74) is 2.12. The van der Waals surface area contributed by atoms with Crippen molar-refractivity contribution in [2.75, 3.05) is 5.32 Å². The zero-order valence-corrected chi connectivity index (χ0v) is 13.0. The lowest BCUT2D eigenvalue weighted by Crippen LogP contribution is -1.94. The smallest absolute Gasteiger partial charge is 0.101 e. The Kier molecular flexibility index (Phi) is 4.28. The summed E-state index contributed by atoms with van der Waals surface area (Å²) in [6.45, 7) is 0. The highest BCUT2D eigenvalue weighted by Crippen LogP contribution is 2.31. The number of nitriles is 1. The predicted octanol–water partition coefficient (Wildman–Crippen LogP) is 5.48. The molecule has 5 heteroatoms. The summed E-state index contributed by atoms with van der Waals surface area (Å²) >= 11 is 12.8. The molecule has 0 spiro atoms. The number of nitrogens with one attached hydrogen (secondary N) is 1. The Morgan fingerprint density at radius 1 is 1.06 bits per heavy atom. The van der Waals surface area contributed by atoms with E-state index in [-0.39, 0.29) is 0 Å². The minimum Gasteiger partial charge on any atom is -0.353 e. The van der Waals surface area contributed by atoms with Gasteiger partial charge < -0.3 is 5.32 Å². The van der Waals surface area contributed by atoms with Gasteiger partial charge in [0.25, 0.3) is 0 Å². The van der Waals surface area contributed by atoms with Crippen LogP contribution in [-0.2, 0) is 0 Å². The lowest BCUT2D eigenvalue weighted by molar-refractivity contribution is 1.45. The SMILES string of the molecule is N#Cc1ccc(Br)cc1Nc1cc(Cl)ccc1Br. The molecule has 2 nitrogen and oxygen atoms in total. The van der Waals surface area contributed by atoms with Gasteiger partial charge in [0, 0.05) is 14.0 Å². The molecule has 90 valence electrons. The van der Waals surface area contributed by atoms with E-state index in [1.165, 1.54) is 0 Å². The van der Waals surface area contributed by atoms with E-state index in [0.717, 1.165) is 20.3 Å². The van der Waals surface area contributed by atoms with Crippen LogP contribution in [0.2, 0.25) is 5.02 Å². The minimum atomic E-state index is 0.574. The van der Waals surface area contributed by atoms with E-state index in [4.69, 9.17) is 16.9 Å². The van der Waals surface area contributed by atoms with E-state index in [1.807, 2.05) is 18.2 Å². The van der Waals surface area contributed by atoms with Crippen LogP contribution in [0.4, 0.5) is 11.4 Å². The van der Waals surface area contributed by atoms with Crippen LogP contribution < -0.4 is 5.32 Å². The van der Waals surface area contributed by atoms with Crippen LogP contribution in [0.5, 0.6) is 0 Å². The topological polar surface area (TPSA) is 35.8 Å². The van der Waals surface area contributed by atoms with Crippen molar-refractivity contribution in [1.82, 2.24) is 0 Å². The molecule has 2 rings (SSSR count). The Hall–Kier alpha value is -1.02. The van der Waals surface area contributed by atoms with Gasteiger partial charge >= 0.3 is 0 Å². The monoisotopic (exact) mass is 384 g/mol. The van der Waals surface area contributed by atoms with Crippen molar-refractivity contribution in [3.8, 4) is 6.07 Å². The summed E-state index contributed by atoms with van der Waals surface area (Å²) in [7, 11) is 0. The first kappa shape index (κ1) is 13.4. The standard InChI is InChI=1S/C13H7Br2ClN2/c14-9-2-1-8(7-17)12(5-9)18-13-6-10(16)3-4-11(13)15/h1-6,18H. The van der Waals surface area contributed by atoms with Gasteiger partial charge in [-0.05, 0) is 52.3 Å². The molecule has 0 atom stereocenters. The first-order valence-electron chi connectivity index (χ1n) is 5.02. The molecule has 0 aliphatic heterocycles. The minimum absolute atomic E-state index is 0.574. The van der Waals surface area contributed by atoms with Crippen molar-refractivity contribution >= 4 is 54.8 Å². The van der Waals surface area contributed by atoms with Crippen LogP contribution in [-0.4, -0.2) is 0 Å². The quantitative estimate of drug-likeness (QED) is 0.742. The lowest BCUT2D eigenvalue weighted by atomic mass is 10.2. The van der Waals surface area contributed by atoms with E-state index in [2.05, 4.69) is 43.2 Å². The van der Waals surface area contributed by atoms with Crippen molar-refractivity contribution in [2.24, 2.45) is 0 Å². The molecule has 0 aromatic heterocycles. The fourth-order valence-electron chi connectivity index (χ4n) is 1.46. The number of rotatable bonds is 2.